The number of nitrogens with zero attached hydrogens (tertiary/aromatic N) is 1. The third-order valence-electron chi connectivity index (χ3n) is 2.25. The number of methoxy groups -OCH3 is 1. The normalized spacial score (nSPS) is 11.6. The third kappa shape index (κ3) is 3.97. The quantitative estimate of drug-likeness (QED) is 0.759. The van der Waals surface area contributed by atoms with Crippen molar-refractivity contribution in [3.63, 3.8) is 0 Å². The van der Waals surface area contributed by atoms with Crippen molar-refractivity contribution in [2.45, 2.75) is 20.0 Å². The predicted octanol–water partition coefficient (Wildman–Crippen LogP) is 2.37. The second-order valence-electron chi connectivity index (χ2n) is 3.56. The van der Waals surface area contributed by atoms with Gasteiger partial charge in [-0.05, 0) is 26.0 Å². The van der Waals surface area contributed by atoms with Crippen LogP contribution in [0.4, 0.5) is 0 Å². The van der Waals surface area contributed by atoms with Crippen LogP contribution < -0.4 is 9.47 Å². The molecule has 0 aliphatic rings. The summed E-state index contributed by atoms with van der Waals surface area (Å²) in [4.78, 5) is 0. The second kappa shape index (κ2) is 6.77. The molecule has 0 bridgehead atoms. The summed E-state index contributed by atoms with van der Waals surface area (Å²) in [5, 5.41) is 8.81. The van der Waals surface area contributed by atoms with Crippen LogP contribution >= 0.6 is 0 Å². The van der Waals surface area contributed by atoms with Gasteiger partial charge in [-0.2, -0.15) is 5.26 Å². The van der Waals surface area contributed by atoms with Crippen molar-refractivity contribution in [2.24, 2.45) is 0 Å². The Hall–Kier alpha value is -1.73. The highest BCUT2D eigenvalue weighted by Gasteiger charge is 2.08. The lowest BCUT2D eigenvalue weighted by molar-refractivity contribution is 0.0703. The molecular formula is C13H17NO3. The number of rotatable bonds is 6. The smallest absolute Gasteiger partial charge is 0.162 e. The Morgan fingerprint density at radius 3 is 2.65 bits per heavy atom. The maximum atomic E-state index is 8.81. The molecule has 0 radical (unpaired) electrons. The minimum absolute atomic E-state index is 0.0140. The van der Waals surface area contributed by atoms with E-state index >= 15 is 0 Å². The fourth-order valence-corrected chi connectivity index (χ4v) is 1.24. The molecule has 0 saturated carbocycles. The zero-order chi connectivity index (χ0) is 12.7. The maximum absolute atomic E-state index is 8.81. The summed E-state index contributed by atoms with van der Waals surface area (Å²) >= 11 is 0. The van der Waals surface area contributed by atoms with Crippen molar-refractivity contribution in [1.29, 1.82) is 5.26 Å². The van der Waals surface area contributed by atoms with Gasteiger partial charge >= 0.3 is 0 Å². The zero-order valence-electron chi connectivity index (χ0n) is 10.4. The first-order chi connectivity index (χ1) is 8.21. The highest BCUT2D eigenvalue weighted by Crippen LogP contribution is 2.28. The largest absolute Gasteiger partial charge is 0.490 e. The molecule has 1 rings (SSSR count). The average molecular weight is 235 g/mol. The SMILES string of the molecule is CCOc1cc(C#N)ccc1OCC(C)OC. The fourth-order valence-electron chi connectivity index (χ4n) is 1.24. The number of nitriles is 1. The van der Waals surface area contributed by atoms with Crippen LogP contribution in [-0.2, 0) is 4.74 Å². The van der Waals surface area contributed by atoms with Crippen LogP contribution in [-0.4, -0.2) is 26.4 Å². The van der Waals surface area contributed by atoms with Gasteiger partial charge in [0.25, 0.3) is 0 Å². The van der Waals surface area contributed by atoms with Gasteiger partial charge in [0.2, 0.25) is 0 Å². The Morgan fingerprint density at radius 2 is 2.06 bits per heavy atom. The molecule has 0 aliphatic heterocycles. The van der Waals surface area contributed by atoms with Crippen LogP contribution in [0.3, 0.4) is 0 Å². The third-order valence-corrected chi connectivity index (χ3v) is 2.25. The van der Waals surface area contributed by atoms with Crippen molar-refractivity contribution in [2.75, 3.05) is 20.3 Å². The molecule has 1 aromatic carbocycles. The van der Waals surface area contributed by atoms with Crippen molar-refractivity contribution in [3.05, 3.63) is 23.8 Å². The molecular weight excluding hydrogens is 218 g/mol. The molecule has 0 spiro atoms. The molecule has 92 valence electrons. The second-order valence-corrected chi connectivity index (χ2v) is 3.56. The first-order valence-corrected chi connectivity index (χ1v) is 5.53. The summed E-state index contributed by atoms with van der Waals surface area (Å²) in [7, 11) is 1.64. The van der Waals surface area contributed by atoms with Crippen LogP contribution in [0.5, 0.6) is 11.5 Å². The van der Waals surface area contributed by atoms with Gasteiger partial charge in [0.1, 0.15) is 6.61 Å². The van der Waals surface area contributed by atoms with Crippen molar-refractivity contribution < 1.29 is 14.2 Å². The zero-order valence-corrected chi connectivity index (χ0v) is 10.4. The summed E-state index contributed by atoms with van der Waals surface area (Å²) in [6.45, 7) is 4.79. The van der Waals surface area contributed by atoms with Gasteiger partial charge in [0, 0.05) is 13.2 Å². The van der Waals surface area contributed by atoms with Crippen LogP contribution in [0, 0.1) is 11.3 Å². The number of ether oxygens (including phenoxy) is 3. The van der Waals surface area contributed by atoms with Crippen LogP contribution in [0.1, 0.15) is 19.4 Å². The lowest BCUT2D eigenvalue weighted by Gasteiger charge is -2.14. The van der Waals surface area contributed by atoms with E-state index in [0.717, 1.165) is 0 Å². The summed E-state index contributed by atoms with van der Waals surface area (Å²) < 4.78 is 16.1. The first kappa shape index (κ1) is 13.3. The van der Waals surface area contributed by atoms with E-state index in [1.807, 2.05) is 13.8 Å². The molecule has 1 unspecified atom stereocenters. The van der Waals surface area contributed by atoms with Crippen LogP contribution in [0.25, 0.3) is 0 Å². The van der Waals surface area contributed by atoms with E-state index in [1.54, 1.807) is 25.3 Å². The van der Waals surface area contributed by atoms with E-state index in [0.29, 0.717) is 30.3 Å². The summed E-state index contributed by atoms with van der Waals surface area (Å²) in [5.41, 5.74) is 0.556. The van der Waals surface area contributed by atoms with Gasteiger partial charge in [-0.1, -0.05) is 0 Å². The molecule has 0 saturated heterocycles. The summed E-state index contributed by atoms with van der Waals surface area (Å²) in [5.74, 6) is 1.23. The van der Waals surface area contributed by atoms with Gasteiger partial charge < -0.3 is 14.2 Å². The lowest BCUT2D eigenvalue weighted by Crippen LogP contribution is -2.16. The fraction of sp³-hybridized carbons (Fsp3) is 0.462. The van der Waals surface area contributed by atoms with Crippen LogP contribution in [0.15, 0.2) is 18.2 Å². The van der Waals surface area contributed by atoms with Crippen LogP contribution in [0.2, 0.25) is 0 Å². The maximum Gasteiger partial charge on any atom is 0.162 e. The van der Waals surface area contributed by atoms with Gasteiger partial charge in [-0.25, -0.2) is 0 Å². The molecule has 1 aromatic rings. The van der Waals surface area contributed by atoms with Crippen molar-refractivity contribution >= 4 is 0 Å². The minimum Gasteiger partial charge on any atom is -0.490 e. The molecule has 17 heavy (non-hydrogen) atoms. The Bertz CT molecular complexity index is 398. The van der Waals surface area contributed by atoms with E-state index in [1.165, 1.54) is 0 Å². The van der Waals surface area contributed by atoms with E-state index in [9.17, 15) is 0 Å². The van der Waals surface area contributed by atoms with Crippen molar-refractivity contribution in [1.82, 2.24) is 0 Å². The minimum atomic E-state index is 0.0140. The van der Waals surface area contributed by atoms with E-state index in [-0.39, 0.29) is 6.10 Å². The Labute approximate surface area is 102 Å². The van der Waals surface area contributed by atoms with Gasteiger partial charge in [0.05, 0.1) is 24.3 Å². The lowest BCUT2D eigenvalue weighted by atomic mass is 10.2. The Balaban J connectivity index is 2.79. The first-order valence-electron chi connectivity index (χ1n) is 5.53. The molecule has 0 N–H and O–H groups in total. The standard InChI is InChI=1S/C13H17NO3/c1-4-16-13-7-11(8-14)5-6-12(13)17-9-10(2)15-3/h5-7,10H,4,9H2,1-3H3. The molecule has 4 nitrogen and oxygen atoms in total. The number of benzene rings is 1. The number of hydrogen-bond acceptors (Lipinski definition) is 4. The van der Waals surface area contributed by atoms with Gasteiger partial charge in [-0.3, -0.25) is 0 Å². The van der Waals surface area contributed by atoms with E-state index in [2.05, 4.69) is 6.07 Å². The van der Waals surface area contributed by atoms with Crippen molar-refractivity contribution in [3.8, 4) is 17.6 Å². The topological polar surface area (TPSA) is 51.5 Å². The highest BCUT2D eigenvalue weighted by atomic mass is 16.5. The summed E-state index contributed by atoms with van der Waals surface area (Å²) in [6.07, 6.45) is 0.0140. The predicted molar refractivity (Wildman–Crippen MR) is 64.3 cm³/mol. The Morgan fingerprint density at radius 1 is 1.29 bits per heavy atom. The molecule has 1 atom stereocenters. The van der Waals surface area contributed by atoms with E-state index < -0.39 is 0 Å². The Kier molecular flexibility index (Phi) is 5.31. The highest BCUT2D eigenvalue weighted by molar-refractivity contribution is 5.46. The average Bonchev–Trinajstić information content (AvgIpc) is 2.37. The summed E-state index contributed by atoms with van der Waals surface area (Å²) in [6, 6.07) is 7.19. The molecule has 0 heterocycles. The molecule has 4 heteroatoms. The molecule has 0 aromatic heterocycles. The van der Waals surface area contributed by atoms with Gasteiger partial charge in [0.15, 0.2) is 11.5 Å². The number of hydrogen-bond donors (Lipinski definition) is 0. The molecule has 0 amide bonds. The molecule has 0 aliphatic carbocycles. The molecule has 0 fully saturated rings. The van der Waals surface area contributed by atoms with Gasteiger partial charge in [-0.15, -0.1) is 0 Å². The monoisotopic (exact) mass is 235 g/mol. The van der Waals surface area contributed by atoms with E-state index in [4.69, 9.17) is 19.5 Å².